The lowest BCUT2D eigenvalue weighted by Gasteiger charge is -2.00. The average Bonchev–Trinajstić information content (AvgIpc) is 2.50. The van der Waals surface area contributed by atoms with Gasteiger partial charge in [-0.15, -0.1) is 11.3 Å². The summed E-state index contributed by atoms with van der Waals surface area (Å²) in [7, 11) is 0. The number of ether oxygens (including phenoxy) is 1. The summed E-state index contributed by atoms with van der Waals surface area (Å²) in [5.74, 6) is -0.293. The van der Waals surface area contributed by atoms with Gasteiger partial charge in [-0.1, -0.05) is 0 Å². The maximum absolute atomic E-state index is 10.7. The summed E-state index contributed by atoms with van der Waals surface area (Å²) in [6.45, 7) is 1.64. The highest BCUT2D eigenvalue weighted by atomic mass is 79.9. The third-order valence-corrected chi connectivity index (χ3v) is 3.75. The third kappa shape index (κ3) is 2.15. The summed E-state index contributed by atoms with van der Waals surface area (Å²) in [4.78, 5) is 19.7. The van der Waals surface area contributed by atoms with Gasteiger partial charge < -0.3 is 4.74 Å². The fourth-order valence-electron chi connectivity index (χ4n) is 1.17. The van der Waals surface area contributed by atoms with Crippen LogP contribution >= 0.6 is 27.3 Å². The molecule has 0 aliphatic rings. The molecule has 2 aromatic heterocycles. The van der Waals surface area contributed by atoms with Gasteiger partial charge >= 0.3 is 5.97 Å². The van der Waals surface area contributed by atoms with E-state index in [-0.39, 0.29) is 12.6 Å². The number of fused-ring (bicyclic) bond motifs is 1. The number of nitrogens with zero attached hydrogens (tertiary/aromatic N) is 2. The van der Waals surface area contributed by atoms with Gasteiger partial charge in [0.05, 0.1) is 3.79 Å². The number of rotatable bonds is 2. The summed E-state index contributed by atoms with van der Waals surface area (Å²) in [5.41, 5.74) is 0.922. The summed E-state index contributed by atoms with van der Waals surface area (Å²) in [5, 5.41) is 0.927. The quantitative estimate of drug-likeness (QED) is 0.796. The van der Waals surface area contributed by atoms with Crippen molar-refractivity contribution >= 4 is 43.5 Å². The Bertz CT molecular complexity index is 512. The molecule has 0 fully saturated rings. The van der Waals surface area contributed by atoms with E-state index >= 15 is 0 Å². The van der Waals surface area contributed by atoms with Gasteiger partial charge in [0.2, 0.25) is 0 Å². The fourth-order valence-corrected chi connectivity index (χ4v) is 2.80. The van der Waals surface area contributed by atoms with Crippen LogP contribution in [0.3, 0.4) is 0 Å². The zero-order chi connectivity index (χ0) is 10.8. The van der Waals surface area contributed by atoms with Crippen molar-refractivity contribution in [2.75, 3.05) is 0 Å². The lowest BCUT2D eigenvalue weighted by Crippen LogP contribution is -1.98. The maximum atomic E-state index is 10.7. The lowest BCUT2D eigenvalue weighted by molar-refractivity contribution is -0.142. The molecular formula is C9H7BrN2O2S. The SMILES string of the molecule is CC(=O)OCc1c(Br)sc2ncncc12. The van der Waals surface area contributed by atoms with Gasteiger partial charge in [-0.05, 0) is 15.9 Å². The number of halogens is 1. The van der Waals surface area contributed by atoms with Crippen molar-refractivity contribution in [2.45, 2.75) is 13.5 Å². The van der Waals surface area contributed by atoms with E-state index in [0.29, 0.717) is 0 Å². The average molecular weight is 287 g/mol. The Morgan fingerprint density at radius 3 is 3.20 bits per heavy atom. The lowest BCUT2D eigenvalue weighted by atomic mass is 10.2. The van der Waals surface area contributed by atoms with Crippen molar-refractivity contribution < 1.29 is 9.53 Å². The predicted molar refractivity (Wildman–Crippen MR) is 60.6 cm³/mol. The fraction of sp³-hybridized carbons (Fsp3) is 0.222. The minimum Gasteiger partial charge on any atom is -0.461 e. The molecule has 2 heterocycles. The molecular weight excluding hydrogens is 280 g/mol. The highest BCUT2D eigenvalue weighted by Crippen LogP contribution is 2.33. The number of carbonyl (C=O) groups is 1. The van der Waals surface area contributed by atoms with Crippen molar-refractivity contribution in [1.29, 1.82) is 0 Å². The molecule has 0 amide bonds. The molecule has 0 aliphatic carbocycles. The van der Waals surface area contributed by atoms with E-state index in [2.05, 4.69) is 25.9 Å². The Kier molecular flexibility index (Phi) is 2.97. The standard InChI is InChI=1S/C9H7BrN2O2S/c1-5(13)14-3-7-6-2-11-4-12-9(6)15-8(7)10/h2,4H,3H2,1H3. The molecule has 0 aliphatic heterocycles. The highest BCUT2D eigenvalue weighted by Gasteiger charge is 2.12. The maximum Gasteiger partial charge on any atom is 0.302 e. The monoisotopic (exact) mass is 286 g/mol. The molecule has 2 aromatic rings. The Morgan fingerprint density at radius 2 is 2.47 bits per heavy atom. The van der Waals surface area contributed by atoms with E-state index in [1.807, 2.05) is 0 Å². The van der Waals surface area contributed by atoms with Crippen LogP contribution in [-0.4, -0.2) is 15.9 Å². The molecule has 0 N–H and O–H groups in total. The van der Waals surface area contributed by atoms with Gasteiger partial charge in [-0.25, -0.2) is 9.97 Å². The highest BCUT2D eigenvalue weighted by molar-refractivity contribution is 9.11. The number of aromatic nitrogens is 2. The van der Waals surface area contributed by atoms with Crippen LogP contribution in [-0.2, 0) is 16.1 Å². The largest absolute Gasteiger partial charge is 0.461 e. The molecule has 0 radical (unpaired) electrons. The molecule has 0 aromatic carbocycles. The zero-order valence-electron chi connectivity index (χ0n) is 7.86. The first-order valence-electron chi connectivity index (χ1n) is 4.18. The topological polar surface area (TPSA) is 52.1 Å². The molecule has 0 bridgehead atoms. The van der Waals surface area contributed by atoms with E-state index in [0.717, 1.165) is 19.6 Å². The molecule has 0 unspecified atom stereocenters. The van der Waals surface area contributed by atoms with E-state index in [1.54, 1.807) is 6.20 Å². The second-order valence-electron chi connectivity index (χ2n) is 2.88. The zero-order valence-corrected chi connectivity index (χ0v) is 10.3. The van der Waals surface area contributed by atoms with E-state index in [9.17, 15) is 4.79 Å². The van der Waals surface area contributed by atoms with Crippen molar-refractivity contribution in [1.82, 2.24) is 9.97 Å². The van der Waals surface area contributed by atoms with E-state index in [1.165, 1.54) is 24.6 Å². The number of hydrogen-bond donors (Lipinski definition) is 0. The first-order valence-corrected chi connectivity index (χ1v) is 5.79. The molecule has 4 nitrogen and oxygen atoms in total. The smallest absolute Gasteiger partial charge is 0.302 e. The molecule has 15 heavy (non-hydrogen) atoms. The number of hydrogen-bond acceptors (Lipinski definition) is 5. The molecule has 2 rings (SSSR count). The van der Waals surface area contributed by atoms with Gasteiger partial charge in [0.15, 0.2) is 0 Å². The summed E-state index contributed by atoms with van der Waals surface area (Å²) in [6.07, 6.45) is 3.23. The summed E-state index contributed by atoms with van der Waals surface area (Å²) >= 11 is 4.92. The molecule has 0 atom stereocenters. The van der Waals surface area contributed by atoms with Crippen LogP contribution in [0.5, 0.6) is 0 Å². The molecule has 0 saturated carbocycles. The summed E-state index contributed by atoms with van der Waals surface area (Å²) < 4.78 is 5.89. The van der Waals surface area contributed by atoms with Crippen molar-refractivity contribution in [3.63, 3.8) is 0 Å². The van der Waals surface area contributed by atoms with Crippen LogP contribution in [0.4, 0.5) is 0 Å². The van der Waals surface area contributed by atoms with Crippen LogP contribution in [0.1, 0.15) is 12.5 Å². The first kappa shape index (κ1) is 10.5. The predicted octanol–water partition coefficient (Wildman–Crippen LogP) is 2.52. The van der Waals surface area contributed by atoms with Crippen molar-refractivity contribution in [3.05, 3.63) is 21.9 Å². The number of carbonyl (C=O) groups excluding carboxylic acids is 1. The Balaban J connectivity index is 2.40. The van der Waals surface area contributed by atoms with E-state index < -0.39 is 0 Å². The second kappa shape index (κ2) is 4.24. The minimum atomic E-state index is -0.293. The Labute approximate surface area is 98.4 Å². The molecule has 78 valence electrons. The molecule has 0 saturated heterocycles. The van der Waals surface area contributed by atoms with Crippen LogP contribution in [0.2, 0.25) is 0 Å². The van der Waals surface area contributed by atoms with Crippen molar-refractivity contribution in [3.8, 4) is 0 Å². The van der Waals surface area contributed by atoms with Gasteiger partial charge in [-0.3, -0.25) is 4.79 Å². The summed E-state index contributed by atoms with van der Waals surface area (Å²) in [6, 6.07) is 0. The molecule has 0 spiro atoms. The third-order valence-electron chi connectivity index (χ3n) is 1.84. The minimum absolute atomic E-state index is 0.253. The van der Waals surface area contributed by atoms with Crippen LogP contribution in [0.15, 0.2) is 16.3 Å². The molecule has 6 heteroatoms. The van der Waals surface area contributed by atoms with Gasteiger partial charge in [0, 0.05) is 24.1 Å². The normalized spacial score (nSPS) is 10.5. The van der Waals surface area contributed by atoms with Crippen molar-refractivity contribution in [2.24, 2.45) is 0 Å². The van der Waals surface area contributed by atoms with E-state index in [4.69, 9.17) is 4.74 Å². The van der Waals surface area contributed by atoms with Crippen LogP contribution < -0.4 is 0 Å². The van der Waals surface area contributed by atoms with Gasteiger partial charge in [0.25, 0.3) is 0 Å². The Morgan fingerprint density at radius 1 is 1.67 bits per heavy atom. The Hall–Kier alpha value is -1.01. The van der Waals surface area contributed by atoms with Gasteiger partial charge in [-0.2, -0.15) is 0 Å². The first-order chi connectivity index (χ1) is 7.18. The number of esters is 1. The van der Waals surface area contributed by atoms with Crippen LogP contribution in [0, 0.1) is 0 Å². The number of thiophene rings is 1. The second-order valence-corrected chi connectivity index (χ2v) is 5.19. The van der Waals surface area contributed by atoms with Crippen LogP contribution in [0.25, 0.3) is 10.2 Å². The van der Waals surface area contributed by atoms with Gasteiger partial charge in [0.1, 0.15) is 17.8 Å².